The van der Waals surface area contributed by atoms with Crippen LogP contribution in [-0.4, -0.2) is 48.6 Å². The topological polar surface area (TPSA) is 32.8 Å². The smallest absolute Gasteiger partial charge is 0.348 e. The molecule has 0 saturated carbocycles. The molecule has 0 N–H and O–H groups in total. The number of carbonyl (C=O) groups excluding carboxylic acids is 1. The van der Waals surface area contributed by atoms with E-state index in [1.807, 2.05) is 0 Å². The van der Waals surface area contributed by atoms with Crippen LogP contribution in [-0.2, 0) is 34.5 Å². The van der Waals surface area contributed by atoms with Crippen molar-refractivity contribution < 1.29 is 40.3 Å². The van der Waals surface area contributed by atoms with Crippen LogP contribution in [0, 0.1) is 11.7 Å². The Kier molecular flexibility index (Phi) is 8.55. The Balaban J connectivity index is 1.23. The molecular weight excluding hydrogens is 681 g/mol. The number of alkyl halides is 6. The van der Waals surface area contributed by atoms with Crippen LogP contribution < -0.4 is 0 Å². The van der Waals surface area contributed by atoms with Gasteiger partial charge in [0.2, 0.25) is 0 Å². The van der Waals surface area contributed by atoms with E-state index in [9.17, 15) is 35.5 Å². The third-order valence-corrected chi connectivity index (χ3v) is 10.7. The van der Waals surface area contributed by atoms with Gasteiger partial charge in [-0.2, -0.15) is 26.3 Å². The highest BCUT2D eigenvalue weighted by Crippen LogP contribution is 2.50. The number of likely N-dealkylation sites (tertiary alicyclic amines) is 1. The summed E-state index contributed by atoms with van der Waals surface area (Å²) in [6.07, 6.45) is -6.82. The lowest BCUT2D eigenvalue weighted by Gasteiger charge is -2.44. The van der Waals surface area contributed by atoms with Crippen molar-refractivity contribution in [2.24, 2.45) is 5.92 Å². The highest BCUT2D eigenvalue weighted by molar-refractivity contribution is 9.10. The van der Waals surface area contributed by atoms with Gasteiger partial charge in [-0.05, 0) is 108 Å². The lowest BCUT2D eigenvalue weighted by Crippen LogP contribution is -2.46. The first-order valence-electron chi connectivity index (χ1n) is 15.1. The third-order valence-electron chi connectivity index (χ3n) is 10.1. The zero-order chi connectivity index (χ0) is 33.1. The SMILES string of the molecule is C[C@H]1Cc2ccccc2C12CCN(CC[C@@]1(c3ccc(F)c(Br)c3)CN(C(=O)c3cc(C(F)(F)F)cc(C(F)(F)F)c3)CO1)CC2. The minimum atomic E-state index is -5.09. The van der Waals surface area contributed by atoms with E-state index >= 15 is 0 Å². The first-order chi connectivity index (χ1) is 21.6. The van der Waals surface area contributed by atoms with Gasteiger partial charge in [0, 0.05) is 17.5 Å². The molecule has 0 unspecified atom stereocenters. The normalized spacial score (nSPS) is 23.2. The molecule has 1 spiro atoms. The highest BCUT2D eigenvalue weighted by atomic mass is 79.9. The summed E-state index contributed by atoms with van der Waals surface area (Å²) >= 11 is 3.20. The van der Waals surface area contributed by atoms with Crippen molar-refractivity contribution in [1.82, 2.24) is 9.80 Å². The maximum Gasteiger partial charge on any atom is 0.416 e. The van der Waals surface area contributed by atoms with Crippen molar-refractivity contribution >= 4 is 21.8 Å². The molecule has 2 fully saturated rings. The first-order valence-corrected chi connectivity index (χ1v) is 15.9. The molecule has 3 aliphatic rings. The molecule has 12 heteroatoms. The van der Waals surface area contributed by atoms with Crippen molar-refractivity contribution in [3.05, 3.63) is 104 Å². The fourth-order valence-electron chi connectivity index (χ4n) is 7.49. The molecule has 3 aromatic rings. The number of rotatable bonds is 5. The maximum atomic E-state index is 14.2. The number of carbonyl (C=O) groups is 1. The molecule has 1 amide bonds. The maximum absolute atomic E-state index is 14.2. The van der Waals surface area contributed by atoms with Gasteiger partial charge in [0.1, 0.15) is 18.1 Å². The van der Waals surface area contributed by atoms with E-state index in [0.29, 0.717) is 36.6 Å². The molecule has 0 bridgehead atoms. The van der Waals surface area contributed by atoms with Crippen LogP contribution >= 0.6 is 15.9 Å². The summed E-state index contributed by atoms with van der Waals surface area (Å²) in [7, 11) is 0. The van der Waals surface area contributed by atoms with Crippen LogP contribution in [0.5, 0.6) is 0 Å². The number of piperidine rings is 1. The molecule has 2 saturated heterocycles. The Morgan fingerprint density at radius 1 is 0.957 bits per heavy atom. The van der Waals surface area contributed by atoms with Gasteiger partial charge in [-0.25, -0.2) is 4.39 Å². The fraction of sp³-hybridized carbons (Fsp3) is 0.441. The largest absolute Gasteiger partial charge is 0.416 e. The van der Waals surface area contributed by atoms with Crippen LogP contribution in [0.4, 0.5) is 30.7 Å². The van der Waals surface area contributed by atoms with Crippen molar-refractivity contribution in [1.29, 1.82) is 0 Å². The molecule has 2 atom stereocenters. The van der Waals surface area contributed by atoms with Crippen LogP contribution in [0.3, 0.4) is 0 Å². The first kappa shape index (κ1) is 33.0. The molecule has 1 aliphatic carbocycles. The number of nitrogens with zero attached hydrogens (tertiary/aromatic N) is 2. The lowest BCUT2D eigenvalue weighted by molar-refractivity contribution is -0.143. The molecule has 4 nitrogen and oxygen atoms in total. The number of ether oxygens (including phenoxy) is 1. The van der Waals surface area contributed by atoms with Crippen LogP contribution in [0.2, 0.25) is 0 Å². The number of halogens is 8. The molecular formula is C34H32BrF7N2O2. The predicted molar refractivity (Wildman–Crippen MR) is 160 cm³/mol. The Hall–Kier alpha value is -2.96. The van der Waals surface area contributed by atoms with E-state index in [4.69, 9.17) is 4.74 Å². The summed E-state index contributed by atoms with van der Waals surface area (Å²) in [4.78, 5) is 16.9. The minimum Gasteiger partial charge on any atom is -0.348 e. The van der Waals surface area contributed by atoms with Crippen LogP contribution in [0.15, 0.2) is 65.1 Å². The standard InChI is InChI=1S/C34H32BrF7N2O2/c1-21-14-22-4-2-3-5-27(22)31(21)8-11-43(12-9-31)13-10-32(24-6-7-29(36)28(35)18-24)19-44(20-46-32)30(45)23-15-25(33(37,38)39)17-26(16-23)34(40,41)42/h2-7,15-18,21H,8-14,19-20H2,1H3/t21-,32-/m0/s1. The third kappa shape index (κ3) is 6.08. The average molecular weight is 714 g/mol. The predicted octanol–water partition coefficient (Wildman–Crippen LogP) is 8.57. The second-order valence-corrected chi connectivity index (χ2v) is 13.6. The van der Waals surface area contributed by atoms with Crippen LogP contribution in [0.25, 0.3) is 0 Å². The van der Waals surface area contributed by atoms with Gasteiger partial charge in [-0.1, -0.05) is 37.3 Å². The van der Waals surface area contributed by atoms with E-state index in [0.717, 1.165) is 37.3 Å². The van der Waals surface area contributed by atoms with Crippen molar-refractivity contribution in [2.45, 2.75) is 56.0 Å². The zero-order valence-corrected chi connectivity index (χ0v) is 26.5. The van der Waals surface area contributed by atoms with Crippen molar-refractivity contribution in [3.63, 3.8) is 0 Å². The van der Waals surface area contributed by atoms with E-state index in [1.54, 1.807) is 0 Å². The summed E-state index contributed by atoms with van der Waals surface area (Å²) < 4.78 is 102. The molecule has 0 aromatic heterocycles. The average Bonchev–Trinajstić information content (AvgIpc) is 3.57. The number of hydrogen-bond acceptors (Lipinski definition) is 3. The van der Waals surface area contributed by atoms with Gasteiger partial charge in [0.15, 0.2) is 0 Å². The molecule has 3 aromatic carbocycles. The fourth-order valence-corrected chi connectivity index (χ4v) is 7.87. The summed E-state index contributed by atoms with van der Waals surface area (Å²) in [6, 6.07) is 13.8. The summed E-state index contributed by atoms with van der Waals surface area (Å²) in [6.45, 7) is 4.03. The van der Waals surface area contributed by atoms with Gasteiger partial charge in [-0.3, -0.25) is 4.79 Å². The van der Waals surface area contributed by atoms with Crippen molar-refractivity contribution in [2.75, 3.05) is 32.9 Å². The second-order valence-electron chi connectivity index (χ2n) is 12.7. The van der Waals surface area contributed by atoms with Gasteiger partial charge in [0.25, 0.3) is 5.91 Å². The Bertz CT molecular complexity index is 1600. The zero-order valence-electron chi connectivity index (χ0n) is 24.9. The number of benzene rings is 3. The molecule has 246 valence electrons. The Morgan fingerprint density at radius 3 is 2.24 bits per heavy atom. The number of hydrogen-bond donors (Lipinski definition) is 0. The molecule has 2 heterocycles. The van der Waals surface area contributed by atoms with Gasteiger partial charge in [0.05, 0.1) is 22.1 Å². The molecule has 6 rings (SSSR count). The van der Waals surface area contributed by atoms with E-state index in [2.05, 4.69) is 52.0 Å². The highest BCUT2D eigenvalue weighted by Gasteiger charge is 2.48. The summed E-state index contributed by atoms with van der Waals surface area (Å²) in [5, 5.41) is 0. The van der Waals surface area contributed by atoms with E-state index < -0.39 is 46.4 Å². The summed E-state index contributed by atoms with van der Waals surface area (Å²) in [5.74, 6) is -1.02. The Morgan fingerprint density at radius 2 is 1.61 bits per heavy atom. The lowest BCUT2D eigenvalue weighted by atomic mass is 9.68. The van der Waals surface area contributed by atoms with Crippen LogP contribution in [0.1, 0.15) is 64.4 Å². The van der Waals surface area contributed by atoms with Gasteiger partial charge in [-0.15, -0.1) is 0 Å². The second kappa shape index (κ2) is 11.9. The molecule has 0 radical (unpaired) electrons. The van der Waals surface area contributed by atoms with Gasteiger partial charge >= 0.3 is 12.4 Å². The van der Waals surface area contributed by atoms with E-state index in [1.165, 1.54) is 29.3 Å². The minimum absolute atomic E-state index is 0.00867. The monoisotopic (exact) mass is 712 g/mol. The quantitative estimate of drug-likeness (QED) is 0.249. The molecule has 46 heavy (non-hydrogen) atoms. The van der Waals surface area contributed by atoms with Crippen molar-refractivity contribution in [3.8, 4) is 0 Å². The number of fused-ring (bicyclic) bond motifs is 2. The van der Waals surface area contributed by atoms with Gasteiger partial charge < -0.3 is 14.5 Å². The molecule has 2 aliphatic heterocycles. The number of amides is 1. The summed E-state index contributed by atoms with van der Waals surface area (Å²) in [5.41, 5.74) is -1.56. The van der Waals surface area contributed by atoms with E-state index in [-0.39, 0.29) is 29.2 Å². The Labute approximate surface area is 270 Å².